The fourth-order valence-electron chi connectivity index (χ4n) is 3.89. The molecule has 2 aromatic rings. The van der Waals surface area contributed by atoms with Crippen molar-refractivity contribution in [2.45, 2.75) is 59.5 Å². The van der Waals surface area contributed by atoms with Crippen LogP contribution in [0.3, 0.4) is 0 Å². The van der Waals surface area contributed by atoms with Crippen LogP contribution in [0.2, 0.25) is 0 Å². The molecule has 2 amide bonds. The monoisotopic (exact) mass is 505 g/mol. The lowest BCUT2D eigenvalue weighted by Gasteiger charge is -2.33. The summed E-state index contributed by atoms with van der Waals surface area (Å²) >= 11 is 0. The van der Waals surface area contributed by atoms with Crippen LogP contribution < -0.4 is 9.62 Å². The summed E-state index contributed by atoms with van der Waals surface area (Å²) < 4.78 is 39.9. The van der Waals surface area contributed by atoms with Gasteiger partial charge >= 0.3 is 0 Å². The fourth-order valence-corrected chi connectivity index (χ4v) is 4.80. The number of hydrogen-bond donors (Lipinski definition) is 1. The number of rotatable bonds is 12. The molecule has 35 heavy (non-hydrogen) atoms. The molecule has 7 nitrogen and oxygen atoms in total. The average molecular weight is 506 g/mol. The zero-order chi connectivity index (χ0) is 26.2. The van der Waals surface area contributed by atoms with Crippen molar-refractivity contribution in [2.24, 2.45) is 0 Å². The average Bonchev–Trinajstić information content (AvgIpc) is 2.78. The van der Waals surface area contributed by atoms with Crippen LogP contribution in [0, 0.1) is 19.7 Å². The highest BCUT2D eigenvalue weighted by Crippen LogP contribution is 2.24. The number of nitrogens with zero attached hydrogens (tertiary/aromatic N) is 2. The minimum atomic E-state index is -3.79. The van der Waals surface area contributed by atoms with Gasteiger partial charge in [0.25, 0.3) is 0 Å². The van der Waals surface area contributed by atoms with E-state index in [1.165, 1.54) is 17.0 Å². The Morgan fingerprint density at radius 2 is 1.71 bits per heavy atom. The Morgan fingerprint density at radius 3 is 2.26 bits per heavy atom. The first-order chi connectivity index (χ1) is 16.5. The van der Waals surface area contributed by atoms with Crippen molar-refractivity contribution < 1.29 is 22.4 Å². The lowest BCUT2D eigenvalue weighted by molar-refractivity contribution is -0.140. The third-order valence-electron chi connectivity index (χ3n) is 5.78. The number of unbranched alkanes of at least 4 members (excludes halogenated alkanes) is 1. The molecule has 2 rings (SSSR count). The van der Waals surface area contributed by atoms with Gasteiger partial charge in [-0.05, 0) is 56.0 Å². The topological polar surface area (TPSA) is 86.8 Å². The smallest absolute Gasteiger partial charge is 0.244 e. The molecule has 192 valence electrons. The Bertz CT molecular complexity index is 1120. The molecular weight excluding hydrogens is 469 g/mol. The Hall–Kier alpha value is -2.94. The first-order valence-electron chi connectivity index (χ1n) is 11.8. The van der Waals surface area contributed by atoms with Gasteiger partial charge in [0.1, 0.15) is 18.4 Å². The summed E-state index contributed by atoms with van der Waals surface area (Å²) in [5.41, 5.74) is 2.74. The first kappa shape index (κ1) is 28.3. The van der Waals surface area contributed by atoms with Crippen LogP contribution >= 0.6 is 0 Å². The van der Waals surface area contributed by atoms with E-state index >= 15 is 0 Å². The lowest BCUT2D eigenvalue weighted by Crippen LogP contribution is -2.52. The van der Waals surface area contributed by atoms with Crippen LogP contribution in [0.4, 0.5) is 10.1 Å². The van der Waals surface area contributed by atoms with E-state index in [9.17, 15) is 22.4 Å². The van der Waals surface area contributed by atoms with Crippen molar-refractivity contribution in [1.82, 2.24) is 10.2 Å². The summed E-state index contributed by atoms with van der Waals surface area (Å²) in [4.78, 5) is 28.0. The SMILES string of the molecule is CCCCNC(=O)[C@@H](CC)N(Cc1ccc(F)cc1)C(=O)CN(c1ccc(C)cc1C)S(C)(=O)=O. The quantitative estimate of drug-likeness (QED) is 0.443. The number of carbonyl (C=O) groups is 2. The van der Waals surface area contributed by atoms with Crippen LogP contribution in [-0.4, -0.2) is 50.5 Å². The maximum absolute atomic E-state index is 13.6. The number of amides is 2. The molecule has 0 aromatic heterocycles. The second kappa shape index (κ2) is 12.7. The predicted molar refractivity (Wildman–Crippen MR) is 137 cm³/mol. The fraction of sp³-hybridized carbons (Fsp3) is 0.462. The van der Waals surface area contributed by atoms with E-state index in [4.69, 9.17) is 0 Å². The number of nitrogens with one attached hydrogen (secondary N) is 1. The summed E-state index contributed by atoms with van der Waals surface area (Å²) in [6.07, 6.45) is 3.11. The Balaban J connectivity index is 2.42. The van der Waals surface area contributed by atoms with Gasteiger partial charge in [0.05, 0.1) is 11.9 Å². The van der Waals surface area contributed by atoms with Crippen LogP contribution in [0.5, 0.6) is 0 Å². The molecule has 0 saturated heterocycles. The van der Waals surface area contributed by atoms with Crippen molar-refractivity contribution >= 4 is 27.5 Å². The predicted octanol–water partition coefficient (Wildman–Crippen LogP) is 3.93. The van der Waals surface area contributed by atoms with Crippen LogP contribution in [-0.2, 0) is 26.2 Å². The number of hydrogen-bond acceptors (Lipinski definition) is 4. The van der Waals surface area contributed by atoms with Crippen LogP contribution in [0.1, 0.15) is 49.8 Å². The van der Waals surface area contributed by atoms with Gasteiger partial charge in [-0.3, -0.25) is 13.9 Å². The van der Waals surface area contributed by atoms with Crippen LogP contribution in [0.15, 0.2) is 42.5 Å². The molecular formula is C26H36FN3O4S. The number of halogens is 1. The van der Waals surface area contributed by atoms with Crippen molar-refractivity contribution in [3.05, 3.63) is 65.0 Å². The lowest BCUT2D eigenvalue weighted by atomic mass is 10.1. The summed E-state index contributed by atoms with van der Waals surface area (Å²) in [6, 6.07) is 10.2. The highest BCUT2D eigenvalue weighted by Gasteiger charge is 2.32. The maximum atomic E-state index is 13.6. The van der Waals surface area contributed by atoms with Gasteiger partial charge in [-0.2, -0.15) is 0 Å². The molecule has 2 aromatic carbocycles. The van der Waals surface area contributed by atoms with Crippen molar-refractivity contribution in [3.63, 3.8) is 0 Å². The number of aryl methyl sites for hydroxylation is 2. The molecule has 0 heterocycles. The van der Waals surface area contributed by atoms with E-state index in [2.05, 4.69) is 5.32 Å². The van der Waals surface area contributed by atoms with Gasteiger partial charge in [-0.1, -0.05) is 50.1 Å². The first-order valence-corrected chi connectivity index (χ1v) is 13.7. The number of anilines is 1. The summed E-state index contributed by atoms with van der Waals surface area (Å²) in [6.45, 7) is 7.58. The molecule has 0 aliphatic rings. The Labute approximate surface area is 208 Å². The van der Waals surface area contributed by atoms with Gasteiger partial charge in [-0.25, -0.2) is 12.8 Å². The molecule has 9 heteroatoms. The Kier molecular flexibility index (Phi) is 10.2. The standard InChI is InChI=1S/C26H36FN3O4S/c1-6-8-15-28-26(32)23(7-2)29(17-21-10-12-22(27)13-11-21)25(31)18-30(35(5,33)34)24-14-9-19(3)16-20(24)4/h9-14,16,23H,6-8,15,17-18H2,1-5H3,(H,28,32)/t23-/m1/s1. The normalized spacial score (nSPS) is 12.2. The van der Waals surface area contributed by atoms with E-state index in [0.29, 0.717) is 24.2 Å². The molecule has 0 unspecified atom stereocenters. The summed E-state index contributed by atoms with van der Waals surface area (Å²) in [7, 11) is -3.79. The van der Waals surface area contributed by atoms with E-state index in [1.807, 2.05) is 19.9 Å². The molecule has 0 aliphatic carbocycles. The highest BCUT2D eigenvalue weighted by molar-refractivity contribution is 7.92. The Morgan fingerprint density at radius 1 is 1.06 bits per heavy atom. The third kappa shape index (κ3) is 8.06. The molecule has 0 aliphatic heterocycles. The van der Waals surface area contributed by atoms with E-state index in [-0.39, 0.29) is 12.5 Å². The van der Waals surface area contributed by atoms with E-state index < -0.39 is 34.3 Å². The second-order valence-electron chi connectivity index (χ2n) is 8.78. The van der Waals surface area contributed by atoms with Crippen molar-refractivity contribution in [1.29, 1.82) is 0 Å². The second-order valence-corrected chi connectivity index (χ2v) is 10.7. The van der Waals surface area contributed by atoms with Crippen molar-refractivity contribution in [2.75, 3.05) is 23.7 Å². The van der Waals surface area contributed by atoms with E-state index in [1.54, 1.807) is 38.1 Å². The largest absolute Gasteiger partial charge is 0.354 e. The molecule has 0 bridgehead atoms. The molecule has 1 N–H and O–H groups in total. The van der Waals surface area contributed by atoms with Gasteiger partial charge in [0, 0.05) is 13.1 Å². The third-order valence-corrected chi connectivity index (χ3v) is 6.91. The van der Waals surface area contributed by atoms with Crippen molar-refractivity contribution in [3.8, 4) is 0 Å². The van der Waals surface area contributed by atoms with Gasteiger partial charge < -0.3 is 10.2 Å². The van der Waals surface area contributed by atoms with E-state index in [0.717, 1.165) is 34.5 Å². The number of benzene rings is 2. The minimum Gasteiger partial charge on any atom is -0.354 e. The zero-order valence-corrected chi connectivity index (χ0v) is 22.0. The van der Waals surface area contributed by atoms with Gasteiger partial charge in [0.2, 0.25) is 21.8 Å². The summed E-state index contributed by atoms with van der Waals surface area (Å²) in [5, 5.41) is 2.87. The molecule has 0 radical (unpaired) electrons. The molecule has 0 saturated carbocycles. The minimum absolute atomic E-state index is 0.0449. The maximum Gasteiger partial charge on any atom is 0.244 e. The molecule has 0 spiro atoms. The number of carbonyl (C=O) groups excluding carboxylic acids is 2. The summed E-state index contributed by atoms with van der Waals surface area (Å²) in [5.74, 6) is -1.22. The van der Waals surface area contributed by atoms with Gasteiger partial charge in [-0.15, -0.1) is 0 Å². The van der Waals surface area contributed by atoms with Gasteiger partial charge in [0.15, 0.2) is 0 Å². The zero-order valence-electron chi connectivity index (χ0n) is 21.2. The van der Waals surface area contributed by atoms with Crippen LogP contribution in [0.25, 0.3) is 0 Å². The highest BCUT2D eigenvalue weighted by atomic mass is 32.2. The molecule has 1 atom stereocenters. The number of sulfonamides is 1. The molecule has 0 fully saturated rings.